The molecule has 0 aliphatic carbocycles. The standard InChI is InChI=1S/C13H14ClNO2S2/c1-2-9-3-4-10(18-9)8-19(16,17)11-5-6-13(15)12(14)7-11/h3-7H,2,8,15H2,1H3. The Morgan fingerprint density at radius 3 is 2.47 bits per heavy atom. The first-order valence-electron chi connectivity index (χ1n) is 5.77. The molecular weight excluding hydrogens is 302 g/mol. The first-order valence-corrected chi connectivity index (χ1v) is 8.62. The molecule has 0 spiro atoms. The van der Waals surface area contributed by atoms with E-state index < -0.39 is 9.84 Å². The van der Waals surface area contributed by atoms with Crippen molar-refractivity contribution in [3.63, 3.8) is 0 Å². The van der Waals surface area contributed by atoms with Gasteiger partial charge < -0.3 is 5.73 Å². The number of rotatable bonds is 4. The third-order valence-electron chi connectivity index (χ3n) is 2.73. The summed E-state index contributed by atoms with van der Waals surface area (Å²) in [4.78, 5) is 2.23. The van der Waals surface area contributed by atoms with Crippen molar-refractivity contribution >= 4 is 38.5 Å². The Labute approximate surface area is 121 Å². The van der Waals surface area contributed by atoms with E-state index in [0.29, 0.717) is 5.69 Å². The molecule has 6 heteroatoms. The van der Waals surface area contributed by atoms with E-state index in [9.17, 15) is 8.42 Å². The summed E-state index contributed by atoms with van der Waals surface area (Å²) in [5, 5.41) is 0.265. The van der Waals surface area contributed by atoms with Crippen molar-refractivity contribution in [3.8, 4) is 0 Å². The minimum Gasteiger partial charge on any atom is -0.398 e. The number of thiophene rings is 1. The van der Waals surface area contributed by atoms with E-state index in [2.05, 4.69) is 0 Å². The maximum absolute atomic E-state index is 12.3. The molecule has 0 bridgehead atoms. The molecular formula is C13H14ClNO2S2. The molecule has 0 aliphatic rings. The maximum Gasteiger partial charge on any atom is 0.183 e. The quantitative estimate of drug-likeness (QED) is 0.878. The van der Waals surface area contributed by atoms with Gasteiger partial charge >= 0.3 is 0 Å². The van der Waals surface area contributed by atoms with E-state index in [1.807, 2.05) is 19.1 Å². The van der Waals surface area contributed by atoms with E-state index in [4.69, 9.17) is 17.3 Å². The average molecular weight is 316 g/mol. The number of hydrogen-bond donors (Lipinski definition) is 1. The molecule has 2 N–H and O–H groups in total. The zero-order valence-electron chi connectivity index (χ0n) is 10.4. The third-order valence-corrected chi connectivity index (χ3v) is 6.13. The molecule has 0 fully saturated rings. The highest BCUT2D eigenvalue weighted by atomic mass is 35.5. The summed E-state index contributed by atoms with van der Waals surface area (Å²) in [5.74, 6) is -0.00207. The van der Waals surface area contributed by atoms with Crippen molar-refractivity contribution in [2.45, 2.75) is 24.0 Å². The molecule has 0 atom stereocenters. The molecule has 0 saturated heterocycles. The Morgan fingerprint density at radius 2 is 1.89 bits per heavy atom. The van der Waals surface area contributed by atoms with Crippen molar-refractivity contribution in [3.05, 3.63) is 45.1 Å². The van der Waals surface area contributed by atoms with Crippen molar-refractivity contribution < 1.29 is 8.42 Å². The molecule has 0 unspecified atom stereocenters. The average Bonchev–Trinajstić information content (AvgIpc) is 2.79. The topological polar surface area (TPSA) is 60.2 Å². The van der Waals surface area contributed by atoms with Crippen LogP contribution in [-0.4, -0.2) is 8.42 Å². The zero-order valence-corrected chi connectivity index (χ0v) is 12.8. The fourth-order valence-electron chi connectivity index (χ4n) is 1.66. The highest BCUT2D eigenvalue weighted by Crippen LogP contribution is 2.26. The van der Waals surface area contributed by atoms with Crippen LogP contribution in [0.5, 0.6) is 0 Å². The van der Waals surface area contributed by atoms with Gasteiger partial charge in [-0.3, -0.25) is 0 Å². The van der Waals surface area contributed by atoms with Crippen LogP contribution in [0.15, 0.2) is 35.2 Å². The zero-order chi connectivity index (χ0) is 14.0. The lowest BCUT2D eigenvalue weighted by atomic mass is 10.3. The number of anilines is 1. The van der Waals surface area contributed by atoms with E-state index in [1.54, 1.807) is 0 Å². The minimum absolute atomic E-state index is 0.00207. The second-order valence-electron chi connectivity index (χ2n) is 4.16. The van der Waals surface area contributed by atoms with E-state index in [-0.39, 0.29) is 15.7 Å². The monoisotopic (exact) mass is 315 g/mol. The fraction of sp³-hybridized carbons (Fsp3) is 0.231. The lowest BCUT2D eigenvalue weighted by molar-refractivity contribution is 0.595. The van der Waals surface area contributed by atoms with Crippen LogP contribution >= 0.6 is 22.9 Å². The first-order chi connectivity index (χ1) is 8.92. The van der Waals surface area contributed by atoms with Gasteiger partial charge in [0.05, 0.1) is 21.4 Å². The summed E-state index contributed by atoms with van der Waals surface area (Å²) in [7, 11) is -3.38. The van der Waals surface area contributed by atoms with E-state index >= 15 is 0 Å². The number of nitrogens with two attached hydrogens (primary N) is 1. The van der Waals surface area contributed by atoms with Gasteiger partial charge in [-0.05, 0) is 36.8 Å². The molecule has 0 amide bonds. The number of aryl methyl sites for hydroxylation is 1. The Kier molecular flexibility index (Phi) is 4.18. The number of halogens is 1. The lowest BCUT2D eigenvalue weighted by Gasteiger charge is -2.05. The van der Waals surface area contributed by atoms with Gasteiger partial charge in [-0.15, -0.1) is 11.3 Å². The van der Waals surface area contributed by atoms with E-state index in [0.717, 1.165) is 11.3 Å². The van der Waals surface area contributed by atoms with Crippen LogP contribution in [-0.2, 0) is 22.0 Å². The second kappa shape index (κ2) is 5.53. The maximum atomic E-state index is 12.3. The van der Waals surface area contributed by atoms with E-state index in [1.165, 1.54) is 34.4 Å². The number of sulfone groups is 1. The molecule has 2 rings (SSSR count). The summed E-state index contributed by atoms with van der Waals surface area (Å²) in [5.41, 5.74) is 5.96. The predicted octanol–water partition coefficient (Wildman–Crippen LogP) is 3.52. The predicted molar refractivity (Wildman–Crippen MR) is 80.5 cm³/mol. The van der Waals surface area contributed by atoms with Crippen LogP contribution in [0.25, 0.3) is 0 Å². The highest BCUT2D eigenvalue weighted by molar-refractivity contribution is 7.90. The third kappa shape index (κ3) is 3.29. The highest BCUT2D eigenvalue weighted by Gasteiger charge is 2.17. The molecule has 102 valence electrons. The number of nitrogen functional groups attached to an aromatic ring is 1. The first kappa shape index (κ1) is 14.4. The Balaban J connectivity index is 2.29. The SMILES string of the molecule is CCc1ccc(CS(=O)(=O)c2ccc(N)c(Cl)c2)s1. The molecule has 0 saturated carbocycles. The molecule has 1 aromatic heterocycles. The second-order valence-corrected chi connectivity index (χ2v) is 7.81. The van der Waals surface area contributed by atoms with Gasteiger partial charge in [-0.2, -0.15) is 0 Å². The van der Waals surface area contributed by atoms with Crippen molar-refractivity contribution in [2.24, 2.45) is 0 Å². The number of benzene rings is 1. The van der Waals surface area contributed by atoms with Crippen molar-refractivity contribution in [1.82, 2.24) is 0 Å². The van der Waals surface area contributed by atoms with Gasteiger partial charge in [-0.1, -0.05) is 18.5 Å². The van der Waals surface area contributed by atoms with Gasteiger partial charge in [-0.25, -0.2) is 8.42 Å². The molecule has 19 heavy (non-hydrogen) atoms. The Morgan fingerprint density at radius 1 is 1.21 bits per heavy atom. The molecule has 0 aliphatic heterocycles. The normalized spacial score (nSPS) is 11.7. The summed E-state index contributed by atoms with van der Waals surface area (Å²) in [6, 6.07) is 8.23. The molecule has 1 heterocycles. The summed E-state index contributed by atoms with van der Waals surface area (Å²) in [6.45, 7) is 2.05. The van der Waals surface area contributed by atoms with Crippen LogP contribution in [0.1, 0.15) is 16.7 Å². The smallest absolute Gasteiger partial charge is 0.183 e. The van der Waals surface area contributed by atoms with Gasteiger partial charge in [0, 0.05) is 9.75 Å². The molecule has 0 radical (unpaired) electrons. The Bertz CT molecular complexity index is 692. The molecule has 3 nitrogen and oxygen atoms in total. The van der Waals surface area contributed by atoms with Crippen LogP contribution in [0.4, 0.5) is 5.69 Å². The Hall–Kier alpha value is -1.04. The van der Waals surface area contributed by atoms with Crippen LogP contribution in [0, 0.1) is 0 Å². The summed E-state index contributed by atoms with van der Waals surface area (Å²) >= 11 is 7.39. The van der Waals surface area contributed by atoms with Gasteiger partial charge in [0.15, 0.2) is 9.84 Å². The summed E-state index contributed by atoms with van der Waals surface area (Å²) < 4.78 is 24.5. The van der Waals surface area contributed by atoms with Crippen molar-refractivity contribution in [2.75, 3.05) is 5.73 Å². The molecule has 1 aromatic carbocycles. The summed E-state index contributed by atoms with van der Waals surface area (Å²) in [6.07, 6.45) is 0.915. The molecule has 2 aromatic rings. The van der Waals surface area contributed by atoms with Gasteiger partial charge in [0.1, 0.15) is 0 Å². The largest absolute Gasteiger partial charge is 0.398 e. The number of hydrogen-bond acceptors (Lipinski definition) is 4. The van der Waals surface area contributed by atoms with Crippen LogP contribution in [0.3, 0.4) is 0 Å². The van der Waals surface area contributed by atoms with Crippen LogP contribution < -0.4 is 5.73 Å². The van der Waals surface area contributed by atoms with Gasteiger partial charge in [0.25, 0.3) is 0 Å². The minimum atomic E-state index is -3.38. The van der Waals surface area contributed by atoms with Crippen molar-refractivity contribution in [1.29, 1.82) is 0 Å². The lowest BCUT2D eigenvalue weighted by Crippen LogP contribution is -2.04. The van der Waals surface area contributed by atoms with Gasteiger partial charge in [0.2, 0.25) is 0 Å². The fourth-order valence-corrected chi connectivity index (χ4v) is 4.57. The van der Waals surface area contributed by atoms with Crippen LogP contribution in [0.2, 0.25) is 5.02 Å².